The zero-order chi connectivity index (χ0) is 28.0. The van der Waals surface area contributed by atoms with Crippen LogP contribution in [0.3, 0.4) is 0 Å². The van der Waals surface area contributed by atoms with Crippen LogP contribution in [0.2, 0.25) is 0 Å². The number of carbonyl (C=O) groups is 1. The summed E-state index contributed by atoms with van der Waals surface area (Å²) >= 11 is 0. The average Bonchev–Trinajstić information content (AvgIpc) is 2.96. The predicted octanol–water partition coefficient (Wildman–Crippen LogP) is 6.04. The van der Waals surface area contributed by atoms with E-state index in [0.717, 1.165) is 47.5 Å². The van der Waals surface area contributed by atoms with Crippen LogP contribution in [0.1, 0.15) is 35.1 Å². The van der Waals surface area contributed by atoms with E-state index in [4.69, 9.17) is 9.84 Å². The van der Waals surface area contributed by atoms with Crippen molar-refractivity contribution in [1.82, 2.24) is 0 Å². The Hall–Kier alpha value is -4.30. The van der Waals surface area contributed by atoms with Gasteiger partial charge in [-0.05, 0) is 71.8 Å². The second kappa shape index (κ2) is 12.3. The molecule has 2 N–H and O–H groups in total. The molecule has 1 aliphatic rings. The monoisotopic (exact) mass is 556 g/mol. The summed E-state index contributed by atoms with van der Waals surface area (Å²) in [6, 6.07) is 29.9. The van der Waals surface area contributed by atoms with E-state index >= 15 is 0 Å². The van der Waals surface area contributed by atoms with Crippen LogP contribution in [-0.2, 0) is 40.8 Å². The third kappa shape index (κ3) is 6.82. The zero-order valence-electron chi connectivity index (χ0n) is 22.1. The second-order valence-electron chi connectivity index (χ2n) is 9.91. The number of carboxylic acids is 1. The van der Waals surface area contributed by atoms with Crippen LogP contribution in [0.25, 0.3) is 0 Å². The van der Waals surface area contributed by atoms with Gasteiger partial charge in [-0.3, -0.25) is 9.52 Å². The molecule has 7 nitrogen and oxygen atoms in total. The van der Waals surface area contributed by atoms with Gasteiger partial charge in [0.25, 0.3) is 10.0 Å². The molecule has 0 atom stereocenters. The maximum absolute atomic E-state index is 12.8. The van der Waals surface area contributed by atoms with E-state index in [1.165, 1.54) is 5.56 Å². The van der Waals surface area contributed by atoms with Crippen molar-refractivity contribution >= 4 is 27.4 Å². The standard InChI is InChI=1S/C32H32N2O5S/c35-31(36)19-18-24-14-16-25(17-15-24)23-39-30-13-5-8-27-9-6-20-34(32(27)30)22-26-7-4-10-28(21-26)33-40(37,38)29-11-2-1-3-12-29/h1-5,7-8,10-17,21,33H,6,9,18-20,22-23H2,(H,35,36). The number of anilines is 2. The Morgan fingerprint density at radius 1 is 0.875 bits per heavy atom. The van der Waals surface area contributed by atoms with Crippen LogP contribution >= 0.6 is 0 Å². The van der Waals surface area contributed by atoms with Crippen LogP contribution in [0.5, 0.6) is 5.75 Å². The largest absolute Gasteiger partial charge is 0.487 e. The lowest BCUT2D eigenvalue weighted by molar-refractivity contribution is -0.136. The Morgan fingerprint density at radius 3 is 2.40 bits per heavy atom. The summed E-state index contributed by atoms with van der Waals surface area (Å²) in [6.07, 6.45) is 2.61. The highest BCUT2D eigenvalue weighted by atomic mass is 32.2. The van der Waals surface area contributed by atoms with Gasteiger partial charge in [-0.15, -0.1) is 0 Å². The van der Waals surface area contributed by atoms with Crippen LogP contribution in [-0.4, -0.2) is 26.0 Å². The number of aryl methyl sites for hydroxylation is 2. The number of aliphatic carboxylic acids is 1. The Balaban J connectivity index is 1.29. The van der Waals surface area contributed by atoms with Crippen LogP contribution in [0.15, 0.2) is 102 Å². The summed E-state index contributed by atoms with van der Waals surface area (Å²) in [7, 11) is -3.67. The SMILES string of the molecule is O=C(O)CCc1ccc(COc2cccc3c2N(Cc2cccc(NS(=O)(=O)c4ccccc4)c2)CCC3)cc1. The van der Waals surface area contributed by atoms with E-state index in [0.29, 0.717) is 25.3 Å². The lowest BCUT2D eigenvalue weighted by Gasteiger charge is -2.33. The number of nitrogens with zero attached hydrogens (tertiary/aromatic N) is 1. The van der Waals surface area contributed by atoms with Crippen molar-refractivity contribution < 1.29 is 23.1 Å². The Morgan fingerprint density at radius 2 is 1.62 bits per heavy atom. The van der Waals surface area contributed by atoms with Gasteiger partial charge in [0.2, 0.25) is 0 Å². The van der Waals surface area contributed by atoms with Crippen molar-refractivity contribution in [2.24, 2.45) is 0 Å². The molecule has 5 rings (SSSR count). The molecule has 4 aromatic rings. The summed E-state index contributed by atoms with van der Waals surface area (Å²) in [5.74, 6) is 0.0131. The number of fused-ring (bicyclic) bond motifs is 1. The number of nitrogens with one attached hydrogen (secondary N) is 1. The molecule has 40 heavy (non-hydrogen) atoms. The molecule has 0 amide bonds. The van der Waals surface area contributed by atoms with Gasteiger partial charge in [0.15, 0.2) is 0 Å². The maximum Gasteiger partial charge on any atom is 0.303 e. The number of benzene rings is 4. The minimum Gasteiger partial charge on any atom is -0.487 e. The Bertz CT molecular complexity index is 1570. The third-order valence-corrected chi connectivity index (χ3v) is 8.32. The van der Waals surface area contributed by atoms with E-state index in [-0.39, 0.29) is 11.3 Å². The van der Waals surface area contributed by atoms with Gasteiger partial charge in [0, 0.05) is 25.2 Å². The first-order valence-electron chi connectivity index (χ1n) is 13.3. The number of ether oxygens (including phenoxy) is 1. The van der Waals surface area contributed by atoms with Crippen LogP contribution < -0.4 is 14.4 Å². The third-order valence-electron chi connectivity index (χ3n) is 6.92. The molecule has 0 saturated heterocycles. The summed E-state index contributed by atoms with van der Waals surface area (Å²) in [5, 5.41) is 8.90. The fourth-order valence-electron chi connectivity index (χ4n) is 4.96. The highest BCUT2D eigenvalue weighted by Gasteiger charge is 2.22. The number of carboxylic acid groups (broad SMARTS) is 1. The molecule has 206 valence electrons. The van der Waals surface area contributed by atoms with Crippen LogP contribution in [0.4, 0.5) is 11.4 Å². The normalized spacial score (nSPS) is 12.9. The van der Waals surface area contributed by atoms with Crippen LogP contribution in [0, 0.1) is 0 Å². The fourth-order valence-corrected chi connectivity index (χ4v) is 6.03. The van der Waals surface area contributed by atoms with E-state index < -0.39 is 16.0 Å². The predicted molar refractivity (Wildman–Crippen MR) is 156 cm³/mol. The summed E-state index contributed by atoms with van der Waals surface area (Å²) in [4.78, 5) is 13.4. The van der Waals surface area contributed by atoms with Crippen molar-refractivity contribution in [1.29, 1.82) is 0 Å². The highest BCUT2D eigenvalue weighted by Crippen LogP contribution is 2.38. The molecule has 0 bridgehead atoms. The Kier molecular flexibility index (Phi) is 8.36. The van der Waals surface area contributed by atoms with Crippen molar-refractivity contribution in [2.75, 3.05) is 16.2 Å². The first-order valence-corrected chi connectivity index (χ1v) is 14.8. The van der Waals surface area contributed by atoms with Gasteiger partial charge in [-0.25, -0.2) is 8.42 Å². The molecular formula is C32H32N2O5S. The topological polar surface area (TPSA) is 95.9 Å². The van der Waals surface area contributed by atoms with E-state index in [1.807, 2.05) is 54.6 Å². The lowest BCUT2D eigenvalue weighted by atomic mass is 10.00. The second-order valence-corrected chi connectivity index (χ2v) is 11.6. The van der Waals surface area contributed by atoms with Crippen molar-refractivity contribution in [2.45, 2.75) is 43.7 Å². The fraction of sp³-hybridized carbons (Fsp3) is 0.219. The summed E-state index contributed by atoms with van der Waals surface area (Å²) in [5.41, 5.74) is 5.82. The van der Waals surface area contributed by atoms with Crippen molar-refractivity contribution in [3.63, 3.8) is 0 Å². The molecule has 4 aromatic carbocycles. The van der Waals surface area contributed by atoms with Crippen molar-refractivity contribution in [3.8, 4) is 5.75 Å². The van der Waals surface area contributed by atoms with E-state index in [9.17, 15) is 13.2 Å². The molecule has 0 unspecified atom stereocenters. The van der Waals surface area contributed by atoms with Gasteiger partial charge in [-0.1, -0.05) is 66.7 Å². The van der Waals surface area contributed by atoms with Crippen molar-refractivity contribution in [3.05, 3.63) is 119 Å². The van der Waals surface area contributed by atoms with Gasteiger partial charge < -0.3 is 14.7 Å². The van der Waals surface area contributed by atoms with Gasteiger partial charge in [-0.2, -0.15) is 0 Å². The molecule has 0 aliphatic carbocycles. The minimum absolute atomic E-state index is 0.115. The summed E-state index contributed by atoms with van der Waals surface area (Å²) in [6.45, 7) is 1.89. The molecule has 0 spiro atoms. The number of sulfonamides is 1. The Labute approximate surface area is 235 Å². The molecule has 0 radical (unpaired) electrons. The first-order chi connectivity index (χ1) is 19.4. The van der Waals surface area contributed by atoms with E-state index in [2.05, 4.69) is 15.7 Å². The highest BCUT2D eigenvalue weighted by molar-refractivity contribution is 7.92. The smallest absolute Gasteiger partial charge is 0.303 e. The lowest BCUT2D eigenvalue weighted by Crippen LogP contribution is -2.29. The zero-order valence-corrected chi connectivity index (χ0v) is 22.9. The number of para-hydroxylation sites is 1. The number of hydrogen-bond donors (Lipinski definition) is 2. The number of hydrogen-bond acceptors (Lipinski definition) is 5. The first kappa shape index (κ1) is 27.3. The molecular weight excluding hydrogens is 524 g/mol. The summed E-state index contributed by atoms with van der Waals surface area (Å²) < 4.78 is 34.6. The minimum atomic E-state index is -3.67. The molecule has 1 heterocycles. The molecule has 0 fully saturated rings. The molecule has 8 heteroatoms. The van der Waals surface area contributed by atoms with Gasteiger partial charge in [0.1, 0.15) is 12.4 Å². The molecule has 0 aromatic heterocycles. The van der Waals surface area contributed by atoms with E-state index in [1.54, 1.807) is 36.4 Å². The number of rotatable bonds is 11. The quantitative estimate of drug-likeness (QED) is 0.234. The van der Waals surface area contributed by atoms with Gasteiger partial charge >= 0.3 is 5.97 Å². The molecule has 1 aliphatic heterocycles. The molecule has 0 saturated carbocycles. The average molecular weight is 557 g/mol. The van der Waals surface area contributed by atoms with Gasteiger partial charge in [0.05, 0.1) is 10.6 Å². The maximum atomic E-state index is 12.8.